The predicted molar refractivity (Wildman–Crippen MR) is 171 cm³/mol. The van der Waals surface area contributed by atoms with Crippen molar-refractivity contribution in [1.29, 1.82) is 0 Å². The summed E-state index contributed by atoms with van der Waals surface area (Å²) in [6.45, 7) is -0.645. The summed E-state index contributed by atoms with van der Waals surface area (Å²) in [6, 6.07) is 27.7. The molecule has 0 bridgehead atoms. The summed E-state index contributed by atoms with van der Waals surface area (Å²) < 4.78 is 40.0. The van der Waals surface area contributed by atoms with Crippen molar-refractivity contribution < 1.29 is 27.5 Å². The molecule has 4 aromatic rings. The van der Waals surface area contributed by atoms with Crippen molar-refractivity contribution in [3.63, 3.8) is 0 Å². The highest BCUT2D eigenvalue weighted by atomic mass is 35.5. The maximum atomic E-state index is 14.4. The van der Waals surface area contributed by atoms with Gasteiger partial charge in [0.1, 0.15) is 12.6 Å². The topological polar surface area (TPSA) is 105 Å². The molecule has 2 amide bonds. The SMILES string of the molecule is CNC(=O)C(Cc1ccccc1)N(Cc1ccccc1Cl)C(=O)CN(c1ccc(OC)c(OC)c1)S(=O)(=O)c1ccccc1. The summed E-state index contributed by atoms with van der Waals surface area (Å²) in [5.74, 6) is -0.338. The first-order valence-corrected chi connectivity index (χ1v) is 15.6. The Bertz CT molecular complexity index is 1690. The van der Waals surface area contributed by atoms with Crippen molar-refractivity contribution in [3.8, 4) is 11.5 Å². The van der Waals surface area contributed by atoms with E-state index in [2.05, 4.69) is 5.32 Å². The third kappa shape index (κ3) is 7.50. The monoisotopic (exact) mass is 635 g/mol. The minimum atomic E-state index is -4.26. The minimum Gasteiger partial charge on any atom is -0.493 e. The molecule has 0 saturated heterocycles. The molecule has 9 nitrogen and oxygen atoms in total. The van der Waals surface area contributed by atoms with Crippen molar-refractivity contribution in [2.75, 3.05) is 32.1 Å². The number of sulfonamides is 1. The van der Waals surface area contributed by atoms with Gasteiger partial charge >= 0.3 is 0 Å². The molecule has 0 aliphatic heterocycles. The van der Waals surface area contributed by atoms with Gasteiger partial charge in [0.15, 0.2) is 11.5 Å². The number of hydrogen-bond acceptors (Lipinski definition) is 6. The van der Waals surface area contributed by atoms with E-state index in [1.807, 2.05) is 30.3 Å². The van der Waals surface area contributed by atoms with Crippen molar-refractivity contribution in [2.45, 2.75) is 23.9 Å². The Hall–Kier alpha value is -4.54. The van der Waals surface area contributed by atoms with Crippen LogP contribution in [-0.4, -0.2) is 59.0 Å². The molecule has 4 aromatic carbocycles. The van der Waals surface area contributed by atoms with Gasteiger partial charge in [-0.2, -0.15) is 0 Å². The molecule has 0 spiro atoms. The number of nitrogens with one attached hydrogen (secondary N) is 1. The van der Waals surface area contributed by atoms with Crippen LogP contribution in [0.4, 0.5) is 5.69 Å². The molecule has 1 N–H and O–H groups in total. The van der Waals surface area contributed by atoms with Crippen LogP contribution >= 0.6 is 11.6 Å². The second-order valence-electron chi connectivity index (χ2n) is 9.80. The first kappa shape index (κ1) is 32.4. The zero-order valence-corrected chi connectivity index (χ0v) is 26.2. The third-order valence-corrected chi connectivity index (χ3v) is 9.24. The number of likely N-dealkylation sites (N-methyl/N-ethyl adjacent to an activating group) is 1. The Balaban J connectivity index is 1.83. The summed E-state index contributed by atoms with van der Waals surface area (Å²) in [5, 5.41) is 3.07. The minimum absolute atomic E-state index is 0.00706. The fourth-order valence-corrected chi connectivity index (χ4v) is 6.38. The first-order valence-electron chi connectivity index (χ1n) is 13.8. The lowest BCUT2D eigenvalue weighted by atomic mass is 10.0. The number of anilines is 1. The van der Waals surface area contributed by atoms with E-state index in [-0.39, 0.29) is 29.3 Å². The normalized spacial score (nSPS) is 11.7. The Morgan fingerprint density at radius 3 is 2.07 bits per heavy atom. The smallest absolute Gasteiger partial charge is 0.264 e. The van der Waals surface area contributed by atoms with E-state index in [4.69, 9.17) is 21.1 Å². The molecule has 0 radical (unpaired) electrons. The Morgan fingerprint density at radius 2 is 1.45 bits per heavy atom. The number of nitrogens with zero attached hydrogens (tertiary/aromatic N) is 2. The number of ether oxygens (including phenoxy) is 2. The van der Waals surface area contributed by atoms with Crippen molar-refractivity contribution in [2.24, 2.45) is 0 Å². The van der Waals surface area contributed by atoms with E-state index in [0.717, 1.165) is 9.87 Å². The van der Waals surface area contributed by atoms with Crippen LogP contribution in [0, 0.1) is 0 Å². The molecule has 0 fully saturated rings. The largest absolute Gasteiger partial charge is 0.493 e. The number of carbonyl (C=O) groups is 2. The fourth-order valence-electron chi connectivity index (χ4n) is 4.76. The number of amides is 2. The molecule has 0 heterocycles. The summed E-state index contributed by atoms with van der Waals surface area (Å²) in [6.07, 6.45) is 0.193. The van der Waals surface area contributed by atoms with Crippen LogP contribution in [0.1, 0.15) is 11.1 Å². The average Bonchev–Trinajstić information content (AvgIpc) is 3.06. The Morgan fingerprint density at radius 1 is 0.841 bits per heavy atom. The van der Waals surface area contributed by atoms with Gasteiger partial charge in [-0.1, -0.05) is 78.3 Å². The number of halogens is 1. The number of benzene rings is 4. The van der Waals surface area contributed by atoms with E-state index in [0.29, 0.717) is 16.3 Å². The number of hydrogen-bond donors (Lipinski definition) is 1. The van der Waals surface area contributed by atoms with Gasteiger partial charge in [0.05, 0.1) is 24.8 Å². The fraction of sp³-hybridized carbons (Fsp3) is 0.212. The number of carbonyl (C=O) groups excluding carboxylic acids is 2. The highest BCUT2D eigenvalue weighted by Gasteiger charge is 2.35. The molecular formula is C33H34ClN3O6S. The van der Waals surface area contributed by atoms with Crippen LogP contribution in [0.25, 0.3) is 0 Å². The second kappa shape index (κ2) is 14.8. The van der Waals surface area contributed by atoms with Crippen LogP contribution in [0.15, 0.2) is 108 Å². The molecule has 0 aliphatic carbocycles. The lowest BCUT2D eigenvalue weighted by Crippen LogP contribution is -2.53. The van der Waals surface area contributed by atoms with Gasteiger partial charge in [0.2, 0.25) is 11.8 Å². The molecule has 1 unspecified atom stereocenters. The molecule has 11 heteroatoms. The van der Waals surface area contributed by atoms with Gasteiger partial charge in [-0.05, 0) is 41.5 Å². The Labute approximate surface area is 263 Å². The maximum Gasteiger partial charge on any atom is 0.264 e. The van der Waals surface area contributed by atoms with Crippen molar-refractivity contribution in [1.82, 2.24) is 10.2 Å². The molecular weight excluding hydrogens is 602 g/mol. The second-order valence-corrected chi connectivity index (χ2v) is 12.1. The first-order chi connectivity index (χ1) is 21.2. The summed E-state index contributed by atoms with van der Waals surface area (Å²) in [7, 11) is 0.145. The number of methoxy groups -OCH3 is 2. The van der Waals surface area contributed by atoms with Gasteiger partial charge in [-0.15, -0.1) is 0 Å². The van der Waals surface area contributed by atoms with E-state index >= 15 is 0 Å². The number of rotatable bonds is 13. The van der Waals surface area contributed by atoms with E-state index < -0.39 is 34.4 Å². The van der Waals surface area contributed by atoms with E-state index in [1.165, 1.54) is 50.4 Å². The summed E-state index contributed by atoms with van der Waals surface area (Å²) in [5.41, 5.74) is 1.61. The standard InChI is InChI=1S/C33H34ClN3O6S/c1-35-33(39)29(20-24-12-6-4-7-13-24)36(22-25-14-10-11-17-28(25)34)32(38)23-37(44(40,41)27-15-8-5-9-16-27)26-18-19-30(42-2)31(21-26)43-3/h4-19,21,29H,20,22-23H2,1-3H3,(H,35,39). The van der Waals surface area contributed by atoms with Gasteiger partial charge in [-0.25, -0.2) is 8.42 Å². The van der Waals surface area contributed by atoms with Crippen molar-refractivity contribution >= 4 is 39.1 Å². The third-order valence-electron chi connectivity index (χ3n) is 7.08. The van der Waals surface area contributed by atoms with Crippen LogP contribution in [0.2, 0.25) is 5.02 Å². The molecule has 230 valence electrons. The summed E-state index contributed by atoms with van der Waals surface area (Å²) in [4.78, 5) is 29.1. The highest BCUT2D eigenvalue weighted by molar-refractivity contribution is 7.92. The Kier molecular flexibility index (Phi) is 10.9. The molecule has 1 atom stereocenters. The van der Waals surface area contributed by atoms with E-state index in [9.17, 15) is 18.0 Å². The van der Waals surface area contributed by atoms with Crippen LogP contribution in [-0.2, 0) is 32.6 Å². The van der Waals surface area contributed by atoms with Crippen LogP contribution < -0.4 is 19.1 Å². The van der Waals surface area contributed by atoms with Crippen molar-refractivity contribution in [3.05, 3.63) is 119 Å². The maximum absolute atomic E-state index is 14.4. The zero-order valence-electron chi connectivity index (χ0n) is 24.6. The highest BCUT2D eigenvalue weighted by Crippen LogP contribution is 2.34. The van der Waals surface area contributed by atoms with E-state index in [1.54, 1.807) is 48.5 Å². The molecule has 0 saturated carbocycles. The van der Waals surface area contributed by atoms with Gasteiger partial charge < -0.3 is 19.7 Å². The van der Waals surface area contributed by atoms with Gasteiger partial charge in [0.25, 0.3) is 10.0 Å². The van der Waals surface area contributed by atoms with Crippen LogP contribution in [0.3, 0.4) is 0 Å². The predicted octanol–water partition coefficient (Wildman–Crippen LogP) is 4.94. The summed E-state index contributed by atoms with van der Waals surface area (Å²) >= 11 is 6.50. The molecule has 0 aromatic heterocycles. The van der Waals surface area contributed by atoms with Gasteiger partial charge in [0, 0.05) is 31.1 Å². The lowest BCUT2D eigenvalue weighted by Gasteiger charge is -2.34. The average molecular weight is 636 g/mol. The molecule has 4 rings (SSSR count). The lowest BCUT2D eigenvalue weighted by molar-refractivity contribution is -0.139. The zero-order chi connectivity index (χ0) is 31.7. The molecule has 0 aliphatic rings. The quantitative estimate of drug-likeness (QED) is 0.223. The van der Waals surface area contributed by atoms with Gasteiger partial charge in [-0.3, -0.25) is 13.9 Å². The van der Waals surface area contributed by atoms with Crippen LogP contribution in [0.5, 0.6) is 11.5 Å². The molecule has 44 heavy (non-hydrogen) atoms.